The first-order chi connectivity index (χ1) is 12.5. The van der Waals surface area contributed by atoms with Crippen molar-refractivity contribution < 1.29 is 8.42 Å². The molecule has 1 heterocycles. The second kappa shape index (κ2) is 8.80. The molecule has 0 spiro atoms. The number of hydrogen-bond acceptors (Lipinski definition) is 3. The van der Waals surface area contributed by atoms with Gasteiger partial charge in [0.1, 0.15) is 0 Å². The van der Waals surface area contributed by atoms with Crippen molar-refractivity contribution in [1.29, 1.82) is 0 Å². The van der Waals surface area contributed by atoms with Gasteiger partial charge >= 0.3 is 0 Å². The summed E-state index contributed by atoms with van der Waals surface area (Å²) < 4.78 is 28.0. The molecule has 1 aliphatic heterocycles. The van der Waals surface area contributed by atoms with Gasteiger partial charge in [-0.3, -0.25) is 4.90 Å². The highest BCUT2D eigenvalue weighted by atomic mass is 32.2. The summed E-state index contributed by atoms with van der Waals surface area (Å²) in [6, 6.07) is 20.3. The van der Waals surface area contributed by atoms with Crippen molar-refractivity contribution in [2.45, 2.75) is 38.3 Å². The number of nitrogens with one attached hydrogen (secondary N) is 1. The summed E-state index contributed by atoms with van der Waals surface area (Å²) in [5, 5.41) is 0. The van der Waals surface area contributed by atoms with Crippen molar-refractivity contribution >= 4 is 10.0 Å². The highest BCUT2D eigenvalue weighted by Gasteiger charge is 2.25. The topological polar surface area (TPSA) is 49.4 Å². The summed E-state index contributed by atoms with van der Waals surface area (Å²) in [5.74, 6) is 0.133. The van der Waals surface area contributed by atoms with Crippen LogP contribution in [0.5, 0.6) is 0 Å². The summed E-state index contributed by atoms with van der Waals surface area (Å²) >= 11 is 0. The number of hydrogen-bond donors (Lipinski definition) is 1. The van der Waals surface area contributed by atoms with Crippen LogP contribution in [0.4, 0.5) is 0 Å². The van der Waals surface area contributed by atoms with E-state index in [1.54, 1.807) is 0 Å². The van der Waals surface area contributed by atoms with Gasteiger partial charge in [-0.05, 0) is 29.9 Å². The molecule has 26 heavy (non-hydrogen) atoms. The number of sulfonamides is 1. The van der Waals surface area contributed by atoms with Crippen molar-refractivity contribution in [2.24, 2.45) is 0 Å². The lowest BCUT2D eigenvalue weighted by Gasteiger charge is -2.32. The van der Waals surface area contributed by atoms with Gasteiger partial charge in [-0.2, -0.15) is 0 Å². The Bertz CT molecular complexity index is 770. The molecule has 0 saturated carbocycles. The molecule has 2 aromatic rings. The van der Waals surface area contributed by atoms with E-state index in [1.807, 2.05) is 43.3 Å². The van der Waals surface area contributed by atoms with Crippen LogP contribution in [0, 0.1) is 0 Å². The summed E-state index contributed by atoms with van der Waals surface area (Å²) in [6.07, 6.45) is 1.73. The fourth-order valence-corrected chi connectivity index (χ4v) is 5.25. The van der Waals surface area contributed by atoms with Crippen LogP contribution in [0.15, 0.2) is 60.7 Å². The van der Waals surface area contributed by atoms with Gasteiger partial charge in [0.15, 0.2) is 0 Å². The fourth-order valence-electron chi connectivity index (χ4n) is 3.56. The van der Waals surface area contributed by atoms with Crippen LogP contribution in [0.25, 0.3) is 0 Å². The highest BCUT2D eigenvalue weighted by molar-refractivity contribution is 7.89. The number of rotatable bonds is 7. The Labute approximate surface area is 157 Å². The summed E-state index contributed by atoms with van der Waals surface area (Å²) in [5.41, 5.74) is 2.37. The summed E-state index contributed by atoms with van der Waals surface area (Å²) in [6.45, 7) is 4.76. The molecule has 2 aromatic carbocycles. The number of benzene rings is 2. The molecule has 1 fully saturated rings. The molecule has 0 amide bonds. The van der Waals surface area contributed by atoms with Crippen molar-refractivity contribution in [2.75, 3.05) is 18.8 Å². The average molecular weight is 373 g/mol. The van der Waals surface area contributed by atoms with Gasteiger partial charge in [-0.15, -0.1) is 0 Å². The van der Waals surface area contributed by atoms with E-state index < -0.39 is 10.0 Å². The minimum atomic E-state index is -3.27. The lowest BCUT2D eigenvalue weighted by atomic mass is 10.0. The van der Waals surface area contributed by atoms with Crippen molar-refractivity contribution in [3.63, 3.8) is 0 Å². The van der Waals surface area contributed by atoms with Crippen LogP contribution < -0.4 is 4.72 Å². The second-order valence-corrected chi connectivity index (χ2v) is 9.05. The Morgan fingerprint density at radius 2 is 1.58 bits per heavy atom. The van der Waals surface area contributed by atoms with Gasteiger partial charge in [0.25, 0.3) is 0 Å². The van der Waals surface area contributed by atoms with E-state index in [-0.39, 0.29) is 17.7 Å². The van der Waals surface area contributed by atoms with Gasteiger partial charge in [-0.25, -0.2) is 13.1 Å². The van der Waals surface area contributed by atoms with E-state index in [1.165, 1.54) is 5.56 Å². The van der Waals surface area contributed by atoms with E-state index >= 15 is 0 Å². The third kappa shape index (κ3) is 5.66. The Hall–Kier alpha value is -1.69. The molecule has 0 radical (unpaired) electrons. The maximum absolute atomic E-state index is 12.5. The first-order valence-corrected chi connectivity index (χ1v) is 11.0. The van der Waals surface area contributed by atoms with Crippen LogP contribution >= 0.6 is 0 Å². The number of nitrogens with zero attached hydrogens (tertiary/aromatic N) is 1. The molecule has 1 N–H and O–H groups in total. The van der Waals surface area contributed by atoms with Crippen LogP contribution in [0.1, 0.15) is 36.8 Å². The van der Waals surface area contributed by atoms with E-state index in [0.717, 1.165) is 38.0 Å². The van der Waals surface area contributed by atoms with E-state index in [2.05, 4.69) is 33.9 Å². The second-order valence-electron chi connectivity index (χ2n) is 7.25. The zero-order valence-corrected chi connectivity index (χ0v) is 16.2. The predicted octanol–water partition coefficient (Wildman–Crippen LogP) is 3.37. The molecule has 0 bridgehead atoms. The first kappa shape index (κ1) is 19.1. The third-order valence-corrected chi connectivity index (χ3v) is 6.65. The molecular weight excluding hydrogens is 344 g/mol. The monoisotopic (exact) mass is 372 g/mol. The molecule has 140 valence electrons. The molecule has 1 atom stereocenters. The Morgan fingerprint density at radius 1 is 1.00 bits per heavy atom. The Kier molecular flexibility index (Phi) is 6.46. The van der Waals surface area contributed by atoms with Gasteiger partial charge in [0.05, 0.1) is 5.75 Å². The summed E-state index contributed by atoms with van der Waals surface area (Å²) in [7, 11) is -3.27. The van der Waals surface area contributed by atoms with Gasteiger partial charge in [0.2, 0.25) is 10.0 Å². The normalized spacial score (nSPS) is 17.9. The van der Waals surface area contributed by atoms with E-state index in [0.29, 0.717) is 0 Å². The lowest BCUT2D eigenvalue weighted by Crippen LogP contribution is -2.45. The lowest BCUT2D eigenvalue weighted by molar-refractivity contribution is 0.200. The third-order valence-electron chi connectivity index (χ3n) is 5.02. The minimum absolute atomic E-state index is 0.00753. The molecule has 5 heteroatoms. The Morgan fingerprint density at radius 3 is 2.19 bits per heavy atom. The molecule has 1 aliphatic rings. The van der Waals surface area contributed by atoms with Crippen LogP contribution in [0.2, 0.25) is 0 Å². The fraction of sp³-hybridized carbons (Fsp3) is 0.429. The maximum Gasteiger partial charge on any atom is 0.212 e. The minimum Gasteiger partial charge on any atom is -0.299 e. The Balaban J connectivity index is 1.47. The molecule has 0 aliphatic carbocycles. The molecule has 0 aromatic heterocycles. The predicted molar refractivity (Wildman–Crippen MR) is 107 cm³/mol. The van der Waals surface area contributed by atoms with Crippen molar-refractivity contribution in [3.05, 3.63) is 71.8 Å². The first-order valence-electron chi connectivity index (χ1n) is 9.33. The molecule has 3 rings (SSSR count). The maximum atomic E-state index is 12.5. The highest BCUT2D eigenvalue weighted by Crippen LogP contribution is 2.18. The number of piperidine rings is 1. The van der Waals surface area contributed by atoms with Gasteiger partial charge in [-0.1, -0.05) is 67.6 Å². The molecule has 1 unspecified atom stereocenters. The molecule has 1 saturated heterocycles. The SMILES string of the molecule is CC(CS(=O)(=O)NC1CCN(Cc2ccccc2)CC1)c1ccccc1. The van der Waals surface area contributed by atoms with Crippen LogP contribution in [0.3, 0.4) is 0 Å². The standard InChI is InChI=1S/C21H28N2O2S/c1-18(20-10-6-3-7-11-20)17-26(24,25)22-21-12-14-23(15-13-21)16-19-8-4-2-5-9-19/h2-11,18,21-22H,12-17H2,1H3. The van der Waals surface area contributed by atoms with E-state index in [9.17, 15) is 8.42 Å². The smallest absolute Gasteiger partial charge is 0.212 e. The zero-order valence-electron chi connectivity index (χ0n) is 15.3. The largest absolute Gasteiger partial charge is 0.299 e. The van der Waals surface area contributed by atoms with E-state index in [4.69, 9.17) is 0 Å². The van der Waals surface area contributed by atoms with Gasteiger partial charge < -0.3 is 0 Å². The molecular formula is C21H28N2O2S. The number of likely N-dealkylation sites (tertiary alicyclic amines) is 1. The van der Waals surface area contributed by atoms with Crippen molar-refractivity contribution in [3.8, 4) is 0 Å². The summed E-state index contributed by atoms with van der Waals surface area (Å²) in [4.78, 5) is 2.40. The van der Waals surface area contributed by atoms with Crippen molar-refractivity contribution in [1.82, 2.24) is 9.62 Å². The van der Waals surface area contributed by atoms with Crippen LogP contribution in [-0.2, 0) is 16.6 Å². The zero-order chi connectivity index (χ0) is 18.4. The quantitative estimate of drug-likeness (QED) is 0.811. The van der Waals surface area contributed by atoms with Crippen LogP contribution in [-0.4, -0.2) is 38.2 Å². The molecule has 4 nitrogen and oxygen atoms in total. The van der Waals surface area contributed by atoms with Gasteiger partial charge in [0, 0.05) is 25.7 Å². The average Bonchev–Trinajstić information content (AvgIpc) is 2.64.